The number of aromatic nitrogens is 3. The van der Waals surface area contributed by atoms with E-state index in [4.69, 9.17) is 28.5 Å². The Balaban J connectivity index is 2.04. The molecule has 0 amide bonds. The fraction of sp³-hybridized carbons (Fsp3) is 0.211. The third kappa shape index (κ3) is 3.67. The van der Waals surface area contributed by atoms with Crippen LogP contribution in [0.3, 0.4) is 0 Å². The van der Waals surface area contributed by atoms with E-state index in [1.807, 2.05) is 48.9 Å². The number of hydrogen-bond acceptors (Lipinski definition) is 4. The van der Waals surface area contributed by atoms with Crippen molar-refractivity contribution in [2.45, 2.75) is 19.5 Å². The molecule has 7 heteroatoms. The Kier molecular flexibility index (Phi) is 5.46. The lowest BCUT2D eigenvalue weighted by molar-refractivity contribution is 0.603. The zero-order chi connectivity index (χ0) is 18.7. The van der Waals surface area contributed by atoms with Gasteiger partial charge in [0.25, 0.3) is 0 Å². The molecule has 0 saturated carbocycles. The van der Waals surface area contributed by atoms with E-state index in [0.29, 0.717) is 22.2 Å². The van der Waals surface area contributed by atoms with Crippen molar-refractivity contribution in [3.8, 4) is 6.07 Å². The van der Waals surface area contributed by atoms with E-state index in [2.05, 4.69) is 21.2 Å². The van der Waals surface area contributed by atoms with Crippen LogP contribution in [0, 0.1) is 11.3 Å². The van der Waals surface area contributed by atoms with Gasteiger partial charge in [-0.1, -0.05) is 41.4 Å². The van der Waals surface area contributed by atoms with Gasteiger partial charge in [-0.15, -0.1) is 10.2 Å². The van der Waals surface area contributed by atoms with Crippen molar-refractivity contribution < 1.29 is 0 Å². The Labute approximate surface area is 162 Å². The SMILES string of the molecule is CC(c1nncn1C)N(Cc1ccccc1Cl)c1ccc(C#N)c(Cl)c1. The molecule has 3 rings (SSSR count). The van der Waals surface area contributed by atoms with Gasteiger partial charge in [-0.25, -0.2) is 0 Å². The summed E-state index contributed by atoms with van der Waals surface area (Å²) < 4.78 is 1.88. The largest absolute Gasteiger partial charge is 0.357 e. The van der Waals surface area contributed by atoms with Gasteiger partial charge in [0.1, 0.15) is 12.4 Å². The molecule has 26 heavy (non-hydrogen) atoms. The highest BCUT2D eigenvalue weighted by Crippen LogP contribution is 2.32. The van der Waals surface area contributed by atoms with Crippen LogP contribution < -0.4 is 4.90 Å². The Morgan fingerprint density at radius 3 is 2.58 bits per heavy atom. The standard InChI is InChI=1S/C19H17Cl2N5/c1-13(19-24-23-12-25(19)2)26(11-15-5-3-4-6-17(15)20)16-8-7-14(10-22)18(21)9-16/h3-9,12-13H,11H2,1-2H3. The molecule has 0 N–H and O–H groups in total. The van der Waals surface area contributed by atoms with Gasteiger partial charge in [0.15, 0.2) is 5.82 Å². The Bertz CT molecular complexity index is 961. The molecule has 2 aromatic carbocycles. The summed E-state index contributed by atoms with van der Waals surface area (Å²) in [5.41, 5.74) is 2.31. The highest BCUT2D eigenvalue weighted by molar-refractivity contribution is 6.32. The summed E-state index contributed by atoms with van der Waals surface area (Å²) in [4.78, 5) is 2.14. The summed E-state index contributed by atoms with van der Waals surface area (Å²) in [5.74, 6) is 0.817. The fourth-order valence-corrected chi connectivity index (χ4v) is 3.26. The third-order valence-corrected chi connectivity index (χ3v) is 4.97. The van der Waals surface area contributed by atoms with Gasteiger partial charge in [0, 0.05) is 24.3 Å². The lowest BCUT2D eigenvalue weighted by atomic mass is 10.1. The number of hydrogen-bond donors (Lipinski definition) is 0. The molecule has 0 bridgehead atoms. The summed E-state index contributed by atoms with van der Waals surface area (Å²) in [5, 5.41) is 18.5. The maximum atomic E-state index is 9.13. The summed E-state index contributed by atoms with van der Waals surface area (Å²) in [6.45, 7) is 2.61. The van der Waals surface area contributed by atoms with Crippen molar-refractivity contribution in [1.29, 1.82) is 5.26 Å². The molecule has 3 aromatic rings. The van der Waals surface area contributed by atoms with Crippen molar-refractivity contribution in [2.24, 2.45) is 7.05 Å². The summed E-state index contributed by atoms with van der Waals surface area (Å²) >= 11 is 12.6. The zero-order valence-electron chi connectivity index (χ0n) is 14.4. The molecule has 0 aliphatic heterocycles. The zero-order valence-corrected chi connectivity index (χ0v) is 15.9. The second-order valence-electron chi connectivity index (χ2n) is 5.97. The van der Waals surface area contributed by atoms with Gasteiger partial charge in [-0.05, 0) is 36.8 Å². The first-order valence-electron chi connectivity index (χ1n) is 8.05. The smallest absolute Gasteiger partial charge is 0.155 e. The second-order valence-corrected chi connectivity index (χ2v) is 6.79. The molecule has 0 aliphatic carbocycles. The molecule has 0 saturated heterocycles. The Morgan fingerprint density at radius 2 is 1.96 bits per heavy atom. The van der Waals surface area contributed by atoms with Crippen LogP contribution in [0.5, 0.6) is 0 Å². The number of halogens is 2. The van der Waals surface area contributed by atoms with Crippen LogP contribution in [-0.4, -0.2) is 14.8 Å². The van der Waals surface area contributed by atoms with Crippen molar-refractivity contribution in [2.75, 3.05) is 4.90 Å². The molecule has 0 fully saturated rings. The third-order valence-electron chi connectivity index (χ3n) is 4.29. The summed E-state index contributed by atoms with van der Waals surface area (Å²) in [6, 6.07) is 15.1. The van der Waals surface area contributed by atoms with Gasteiger partial charge < -0.3 is 9.47 Å². The van der Waals surface area contributed by atoms with Crippen LogP contribution in [0.1, 0.15) is 29.9 Å². The van der Waals surface area contributed by atoms with Gasteiger partial charge in [0.2, 0.25) is 0 Å². The van der Waals surface area contributed by atoms with Crippen LogP contribution in [-0.2, 0) is 13.6 Å². The van der Waals surface area contributed by atoms with E-state index < -0.39 is 0 Å². The molecule has 1 heterocycles. The van der Waals surface area contributed by atoms with Crippen LogP contribution >= 0.6 is 23.2 Å². The molecular formula is C19H17Cl2N5. The van der Waals surface area contributed by atoms with E-state index in [1.165, 1.54) is 0 Å². The van der Waals surface area contributed by atoms with E-state index in [0.717, 1.165) is 17.1 Å². The van der Waals surface area contributed by atoms with Crippen LogP contribution in [0.4, 0.5) is 5.69 Å². The Hall–Kier alpha value is -2.55. The van der Waals surface area contributed by atoms with E-state index in [1.54, 1.807) is 18.5 Å². The van der Waals surface area contributed by atoms with Crippen LogP contribution in [0.25, 0.3) is 0 Å². The van der Waals surface area contributed by atoms with E-state index in [-0.39, 0.29) is 6.04 Å². The molecule has 1 unspecified atom stereocenters. The predicted octanol–water partition coefficient (Wildman–Crippen LogP) is 4.76. The minimum Gasteiger partial charge on any atom is -0.357 e. The average Bonchev–Trinajstić information content (AvgIpc) is 3.06. The lowest BCUT2D eigenvalue weighted by Crippen LogP contribution is -2.28. The van der Waals surface area contributed by atoms with Crippen molar-refractivity contribution in [1.82, 2.24) is 14.8 Å². The minimum absolute atomic E-state index is 0.0808. The lowest BCUT2D eigenvalue weighted by Gasteiger charge is -2.31. The fourth-order valence-electron chi connectivity index (χ4n) is 2.85. The molecule has 5 nitrogen and oxygen atoms in total. The van der Waals surface area contributed by atoms with Crippen molar-refractivity contribution in [3.63, 3.8) is 0 Å². The first-order chi connectivity index (χ1) is 12.5. The first-order valence-corrected chi connectivity index (χ1v) is 8.80. The van der Waals surface area contributed by atoms with Crippen LogP contribution in [0.2, 0.25) is 10.0 Å². The number of nitrogens with zero attached hydrogens (tertiary/aromatic N) is 5. The quantitative estimate of drug-likeness (QED) is 0.634. The molecule has 1 atom stereocenters. The van der Waals surface area contributed by atoms with Crippen molar-refractivity contribution >= 4 is 28.9 Å². The maximum absolute atomic E-state index is 9.13. The highest BCUT2D eigenvalue weighted by Gasteiger charge is 2.22. The number of nitriles is 1. The molecule has 132 valence electrons. The normalized spacial score (nSPS) is 11.8. The van der Waals surface area contributed by atoms with Crippen LogP contribution in [0.15, 0.2) is 48.8 Å². The number of aryl methyl sites for hydroxylation is 1. The number of anilines is 1. The van der Waals surface area contributed by atoms with E-state index >= 15 is 0 Å². The topological polar surface area (TPSA) is 57.7 Å². The molecule has 0 aliphatic rings. The van der Waals surface area contributed by atoms with Gasteiger partial charge in [-0.2, -0.15) is 5.26 Å². The molecule has 0 radical (unpaired) electrons. The van der Waals surface area contributed by atoms with Crippen molar-refractivity contribution in [3.05, 3.63) is 75.8 Å². The minimum atomic E-state index is -0.0808. The molecule has 0 spiro atoms. The average molecular weight is 386 g/mol. The number of rotatable bonds is 5. The number of benzene rings is 2. The molecular weight excluding hydrogens is 369 g/mol. The van der Waals surface area contributed by atoms with Gasteiger partial charge in [0.05, 0.1) is 16.6 Å². The van der Waals surface area contributed by atoms with Gasteiger partial charge in [-0.3, -0.25) is 0 Å². The highest BCUT2D eigenvalue weighted by atomic mass is 35.5. The first kappa shape index (κ1) is 18.2. The summed E-state index contributed by atoms with van der Waals surface area (Å²) in [7, 11) is 1.91. The second kappa shape index (κ2) is 7.77. The maximum Gasteiger partial charge on any atom is 0.155 e. The predicted molar refractivity (Wildman–Crippen MR) is 103 cm³/mol. The molecule has 1 aromatic heterocycles. The monoisotopic (exact) mass is 385 g/mol. The van der Waals surface area contributed by atoms with Gasteiger partial charge >= 0.3 is 0 Å². The Morgan fingerprint density at radius 1 is 1.19 bits per heavy atom. The van der Waals surface area contributed by atoms with E-state index in [9.17, 15) is 0 Å². The summed E-state index contributed by atoms with van der Waals surface area (Å²) in [6.07, 6.45) is 1.67.